The number of rotatable bonds is 5. The molecule has 3 aromatic rings. The van der Waals surface area contributed by atoms with E-state index in [1.54, 1.807) is 6.20 Å². The molecule has 152 valence electrons. The molecule has 6 nitrogen and oxygen atoms in total. The summed E-state index contributed by atoms with van der Waals surface area (Å²) in [4.78, 5) is 24.9. The highest BCUT2D eigenvalue weighted by atomic mass is 16.6. The van der Waals surface area contributed by atoms with Crippen LogP contribution in [0.2, 0.25) is 0 Å². The number of para-hydroxylation sites is 1. The highest BCUT2D eigenvalue weighted by Crippen LogP contribution is 2.24. The Balaban J connectivity index is 1.75. The molecular weight excluding hydrogens is 368 g/mol. The lowest BCUT2D eigenvalue weighted by Gasteiger charge is -2.19. The van der Waals surface area contributed by atoms with Crippen molar-refractivity contribution in [1.29, 1.82) is 0 Å². The Morgan fingerprint density at radius 2 is 1.69 bits per heavy atom. The molecule has 0 aliphatic rings. The minimum atomic E-state index is -0.836. The molecule has 1 heterocycles. The fourth-order valence-electron chi connectivity index (χ4n) is 3.03. The lowest BCUT2D eigenvalue weighted by molar-refractivity contribution is -0.146. The molecule has 0 fully saturated rings. The van der Waals surface area contributed by atoms with Crippen molar-refractivity contribution in [3.63, 3.8) is 0 Å². The molecule has 0 saturated carbocycles. The van der Waals surface area contributed by atoms with Crippen LogP contribution < -0.4 is 5.73 Å². The van der Waals surface area contributed by atoms with Gasteiger partial charge in [0.15, 0.2) is 0 Å². The Morgan fingerprint density at radius 3 is 2.38 bits per heavy atom. The zero-order valence-corrected chi connectivity index (χ0v) is 16.9. The molecule has 29 heavy (non-hydrogen) atoms. The van der Waals surface area contributed by atoms with Gasteiger partial charge in [0.25, 0.3) is 0 Å². The van der Waals surface area contributed by atoms with Crippen LogP contribution in [0, 0.1) is 0 Å². The van der Waals surface area contributed by atoms with E-state index >= 15 is 0 Å². The van der Waals surface area contributed by atoms with Crippen molar-refractivity contribution in [2.75, 3.05) is 0 Å². The van der Waals surface area contributed by atoms with E-state index in [-0.39, 0.29) is 13.0 Å². The van der Waals surface area contributed by atoms with Crippen molar-refractivity contribution >= 4 is 23.0 Å². The van der Waals surface area contributed by atoms with Crippen molar-refractivity contribution < 1.29 is 19.1 Å². The monoisotopic (exact) mass is 394 g/mol. The van der Waals surface area contributed by atoms with Crippen molar-refractivity contribution in [3.8, 4) is 0 Å². The van der Waals surface area contributed by atoms with Crippen molar-refractivity contribution in [1.82, 2.24) is 4.57 Å². The van der Waals surface area contributed by atoms with Gasteiger partial charge in [0.05, 0.1) is 5.52 Å². The van der Waals surface area contributed by atoms with E-state index in [0.29, 0.717) is 5.52 Å². The maximum absolute atomic E-state index is 12.6. The first kappa shape index (κ1) is 20.6. The molecule has 0 spiro atoms. The molecule has 0 aliphatic carbocycles. The average Bonchev–Trinajstić information content (AvgIpc) is 3.04. The molecule has 1 aromatic heterocycles. The first-order valence-corrected chi connectivity index (χ1v) is 9.53. The van der Waals surface area contributed by atoms with Gasteiger partial charge in [-0.15, -0.1) is 0 Å². The smallest absolute Gasteiger partial charge is 0.419 e. The van der Waals surface area contributed by atoms with Crippen LogP contribution in [0.15, 0.2) is 60.8 Å². The Bertz CT molecular complexity index is 1000. The third-order valence-electron chi connectivity index (χ3n) is 4.35. The molecule has 6 heteroatoms. The van der Waals surface area contributed by atoms with Crippen molar-refractivity contribution in [2.24, 2.45) is 5.73 Å². The number of esters is 1. The van der Waals surface area contributed by atoms with Crippen LogP contribution >= 0.6 is 0 Å². The van der Waals surface area contributed by atoms with Crippen LogP contribution in [0.5, 0.6) is 0 Å². The number of ether oxygens (including phenoxy) is 2. The zero-order valence-electron chi connectivity index (χ0n) is 16.9. The number of nitrogens with two attached hydrogens (primary N) is 1. The Labute approximate surface area is 170 Å². The highest BCUT2D eigenvalue weighted by molar-refractivity contribution is 5.92. The van der Waals surface area contributed by atoms with Crippen LogP contribution in [0.25, 0.3) is 10.9 Å². The van der Waals surface area contributed by atoms with Gasteiger partial charge >= 0.3 is 12.1 Å². The van der Waals surface area contributed by atoms with Gasteiger partial charge in [-0.05, 0) is 38.0 Å². The van der Waals surface area contributed by atoms with Gasteiger partial charge in [-0.3, -0.25) is 9.36 Å². The van der Waals surface area contributed by atoms with Gasteiger partial charge in [0, 0.05) is 18.0 Å². The summed E-state index contributed by atoms with van der Waals surface area (Å²) in [5.41, 5.74) is 7.88. The SMILES string of the molecule is CC(C)(C)OC(=O)n1cc(C[C@H](N)C(=O)OCc2ccccc2)c2ccccc21. The fourth-order valence-corrected chi connectivity index (χ4v) is 3.03. The van der Waals surface area contributed by atoms with E-state index in [9.17, 15) is 9.59 Å². The van der Waals surface area contributed by atoms with E-state index in [2.05, 4.69) is 0 Å². The van der Waals surface area contributed by atoms with Crippen LogP contribution in [0.4, 0.5) is 4.79 Å². The van der Waals surface area contributed by atoms with Gasteiger partial charge in [-0.2, -0.15) is 0 Å². The number of nitrogens with zero attached hydrogens (tertiary/aromatic N) is 1. The molecule has 0 unspecified atom stereocenters. The number of hydrogen-bond acceptors (Lipinski definition) is 5. The summed E-state index contributed by atoms with van der Waals surface area (Å²) in [7, 11) is 0. The van der Waals surface area contributed by atoms with E-state index in [0.717, 1.165) is 16.5 Å². The third kappa shape index (κ3) is 5.23. The quantitative estimate of drug-likeness (QED) is 0.661. The zero-order chi connectivity index (χ0) is 21.0. The lowest BCUT2D eigenvalue weighted by Crippen LogP contribution is -2.34. The van der Waals surface area contributed by atoms with Gasteiger partial charge in [0.1, 0.15) is 18.2 Å². The second kappa shape index (κ2) is 8.49. The number of aromatic nitrogens is 1. The summed E-state index contributed by atoms with van der Waals surface area (Å²) in [5, 5.41) is 0.852. The van der Waals surface area contributed by atoms with Crippen LogP contribution in [0.3, 0.4) is 0 Å². The predicted octanol–water partition coefficient (Wildman–Crippen LogP) is 4.04. The van der Waals surface area contributed by atoms with Crippen molar-refractivity contribution in [2.45, 2.75) is 45.4 Å². The summed E-state index contributed by atoms with van der Waals surface area (Å²) in [5.74, 6) is -0.483. The van der Waals surface area contributed by atoms with E-state index in [1.807, 2.05) is 75.4 Å². The average molecular weight is 394 g/mol. The van der Waals surface area contributed by atoms with Gasteiger partial charge in [-0.25, -0.2) is 4.79 Å². The minimum absolute atomic E-state index is 0.174. The number of benzene rings is 2. The van der Waals surface area contributed by atoms with E-state index in [1.165, 1.54) is 4.57 Å². The summed E-state index contributed by atoms with van der Waals surface area (Å²) >= 11 is 0. The number of carbonyl (C=O) groups excluding carboxylic acids is 2. The first-order chi connectivity index (χ1) is 13.7. The Morgan fingerprint density at radius 1 is 1.03 bits per heavy atom. The topological polar surface area (TPSA) is 83.5 Å². The predicted molar refractivity (Wildman–Crippen MR) is 111 cm³/mol. The molecular formula is C23H26N2O4. The van der Waals surface area contributed by atoms with Crippen LogP contribution in [-0.4, -0.2) is 28.3 Å². The molecule has 0 amide bonds. The summed E-state index contributed by atoms with van der Waals surface area (Å²) in [6.45, 7) is 5.62. The maximum atomic E-state index is 12.6. The Kier molecular flexibility index (Phi) is 6.03. The largest absolute Gasteiger partial charge is 0.460 e. The molecule has 0 radical (unpaired) electrons. The Hall–Kier alpha value is -3.12. The number of carbonyl (C=O) groups is 2. The second-order valence-electron chi connectivity index (χ2n) is 7.93. The van der Waals surface area contributed by atoms with E-state index < -0.39 is 23.7 Å². The van der Waals surface area contributed by atoms with E-state index in [4.69, 9.17) is 15.2 Å². The fraction of sp³-hybridized carbons (Fsp3) is 0.304. The third-order valence-corrected chi connectivity index (χ3v) is 4.35. The summed E-state index contributed by atoms with van der Waals surface area (Å²) in [6.07, 6.45) is 1.47. The molecule has 2 N–H and O–H groups in total. The van der Waals surface area contributed by atoms with Crippen molar-refractivity contribution in [3.05, 3.63) is 71.9 Å². The van der Waals surface area contributed by atoms with Gasteiger partial charge < -0.3 is 15.2 Å². The molecule has 0 saturated heterocycles. The van der Waals surface area contributed by atoms with Crippen LogP contribution in [-0.2, 0) is 27.3 Å². The normalized spacial score (nSPS) is 12.6. The highest BCUT2D eigenvalue weighted by Gasteiger charge is 2.23. The van der Waals surface area contributed by atoms with Gasteiger partial charge in [-0.1, -0.05) is 48.5 Å². The molecule has 3 rings (SSSR count). The molecule has 2 aromatic carbocycles. The number of fused-ring (bicyclic) bond motifs is 1. The molecule has 0 bridgehead atoms. The maximum Gasteiger partial charge on any atom is 0.419 e. The van der Waals surface area contributed by atoms with Gasteiger partial charge in [0.2, 0.25) is 0 Å². The number of hydrogen-bond donors (Lipinski definition) is 1. The standard InChI is InChI=1S/C23H26N2O4/c1-23(2,3)29-22(27)25-14-17(18-11-7-8-12-20(18)25)13-19(24)21(26)28-15-16-9-5-4-6-10-16/h4-12,14,19H,13,15,24H2,1-3H3/t19-/m0/s1. The molecule has 1 atom stereocenters. The van der Waals surface area contributed by atoms with Crippen LogP contribution in [0.1, 0.15) is 31.9 Å². The first-order valence-electron chi connectivity index (χ1n) is 9.53. The molecule has 0 aliphatic heterocycles. The lowest BCUT2D eigenvalue weighted by atomic mass is 10.1. The summed E-state index contributed by atoms with van der Waals surface area (Å²) < 4.78 is 12.3. The summed E-state index contributed by atoms with van der Waals surface area (Å²) in [6, 6.07) is 16.1. The second-order valence-corrected chi connectivity index (χ2v) is 7.93. The minimum Gasteiger partial charge on any atom is -0.460 e.